The molecule has 0 spiro atoms. The highest BCUT2D eigenvalue weighted by molar-refractivity contribution is 6.12. The van der Waals surface area contributed by atoms with E-state index in [0.717, 1.165) is 6.20 Å². The largest absolute Gasteiger partial charge is 0.420 e. The van der Waals surface area contributed by atoms with E-state index in [9.17, 15) is 36.3 Å². The molecule has 0 bridgehead atoms. The number of hydrogen-bond donors (Lipinski definition) is 2. The maximum Gasteiger partial charge on any atom is 0.420 e. The first-order valence-electron chi connectivity index (χ1n) is 13.5. The predicted octanol–water partition coefficient (Wildman–Crippen LogP) is 4.78. The monoisotopic (exact) mass is 623 g/mol. The first-order valence-corrected chi connectivity index (χ1v) is 13.5. The smallest absolute Gasteiger partial charge is 0.408 e. The molecule has 45 heavy (non-hydrogen) atoms. The van der Waals surface area contributed by atoms with Gasteiger partial charge in [-0.3, -0.25) is 24.1 Å². The number of fused-ring (bicyclic) bond motifs is 2. The second kappa shape index (κ2) is 10.6. The Morgan fingerprint density at radius 2 is 1.73 bits per heavy atom. The molecule has 1 aliphatic heterocycles. The number of amides is 2. The molecule has 0 fully saturated rings. The number of alkyl halides is 3. The molecule has 14 heteroatoms. The summed E-state index contributed by atoms with van der Waals surface area (Å²) < 4.78 is 74.9. The Hall–Kier alpha value is -5.40. The molecule has 6 rings (SSSR count). The number of hydrogen-bond acceptors (Lipinski definition) is 6. The van der Waals surface area contributed by atoms with Crippen LogP contribution >= 0.6 is 0 Å². The molecule has 2 aromatic carbocycles. The summed E-state index contributed by atoms with van der Waals surface area (Å²) in [5.41, 5.74) is 3.79. The highest BCUT2D eigenvalue weighted by atomic mass is 19.4. The first-order chi connectivity index (χ1) is 21.2. The average molecular weight is 624 g/mol. The van der Waals surface area contributed by atoms with Crippen LogP contribution < -0.4 is 16.8 Å². The van der Waals surface area contributed by atoms with Gasteiger partial charge in [0.2, 0.25) is 0 Å². The Balaban J connectivity index is 1.55. The van der Waals surface area contributed by atoms with Crippen molar-refractivity contribution in [2.45, 2.75) is 38.0 Å². The first kappa shape index (κ1) is 29.7. The Kier molecular flexibility index (Phi) is 7.02. The van der Waals surface area contributed by atoms with Gasteiger partial charge in [-0.25, -0.2) is 13.6 Å². The SMILES string of the molecule is C[C@]1(Cc2ccc(F)cc2)NC(=O)c2c1nc(CC(F)(F)F)c(C(N)=O)c2-c1ccc2c(c1)oc(=O)n2Cc1ccc(F)cn1. The molecule has 9 nitrogen and oxygen atoms in total. The van der Waals surface area contributed by atoms with Crippen molar-refractivity contribution in [2.24, 2.45) is 5.73 Å². The molecule has 0 unspecified atom stereocenters. The van der Waals surface area contributed by atoms with Crippen LogP contribution in [0.3, 0.4) is 0 Å². The molecule has 0 aliphatic carbocycles. The minimum Gasteiger partial charge on any atom is -0.408 e. The molecule has 3 aromatic heterocycles. The van der Waals surface area contributed by atoms with Gasteiger partial charge in [-0.2, -0.15) is 13.2 Å². The van der Waals surface area contributed by atoms with Crippen molar-refractivity contribution in [2.75, 3.05) is 0 Å². The van der Waals surface area contributed by atoms with Crippen molar-refractivity contribution in [3.63, 3.8) is 0 Å². The third-order valence-electron chi connectivity index (χ3n) is 7.56. The normalized spacial score (nSPS) is 16.2. The number of benzene rings is 2. The number of rotatable bonds is 7. The molecule has 0 radical (unpaired) electrons. The molecular formula is C31H22F5N5O4. The van der Waals surface area contributed by atoms with E-state index in [-0.39, 0.29) is 46.4 Å². The number of nitrogens with one attached hydrogen (secondary N) is 1. The van der Waals surface area contributed by atoms with Gasteiger partial charge in [-0.1, -0.05) is 18.2 Å². The summed E-state index contributed by atoms with van der Waals surface area (Å²) in [6, 6.07) is 12.1. The summed E-state index contributed by atoms with van der Waals surface area (Å²) in [4.78, 5) is 47.2. The number of oxazole rings is 1. The molecule has 1 atom stereocenters. The second-order valence-corrected chi connectivity index (χ2v) is 10.9. The number of pyridine rings is 2. The quantitative estimate of drug-likeness (QED) is 0.251. The number of carbonyl (C=O) groups excluding carboxylic acids is 2. The minimum absolute atomic E-state index is 0.00885. The fraction of sp³-hybridized carbons (Fsp3) is 0.194. The fourth-order valence-corrected chi connectivity index (χ4v) is 5.67. The van der Waals surface area contributed by atoms with Gasteiger partial charge < -0.3 is 15.5 Å². The van der Waals surface area contributed by atoms with Crippen LogP contribution in [0.15, 0.2) is 70.0 Å². The van der Waals surface area contributed by atoms with Gasteiger partial charge in [0.1, 0.15) is 11.6 Å². The predicted molar refractivity (Wildman–Crippen MR) is 150 cm³/mol. The van der Waals surface area contributed by atoms with Crippen LogP contribution in [0.1, 0.15) is 50.3 Å². The summed E-state index contributed by atoms with van der Waals surface area (Å²) in [6.45, 7) is 1.48. The van der Waals surface area contributed by atoms with Gasteiger partial charge in [-0.15, -0.1) is 0 Å². The van der Waals surface area contributed by atoms with Crippen LogP contribution in [0.5, 0.6) is 0 Å². The lowest BCUT2D eigenvalue weighted by Crippen LogP contribution is -2.39. The summed E-state index contributed by atoms with van der Waals surface area (Å²) in [7, 11) is 0. The topological polar surface area (TPSA) is 133 Å². The van der Waals surface area contributed by atoms with Crippen LogP contribution in [0.2, 0.25) is 0 Å². The third kappa shape index (κ3) is 5.54. The van der Waals surface area contributed by atoms with Gasteiger partial charge in [-0.05, 0) is 54.4 Å². The van der Waals surface area contributed by atoms with Crippen LogP contribution in [-0.2, 0) is 24.9 Å². The van der Waals surface area contributed by atoms with E-state index in [1.165, 1.54) is 59.2 Å². The number of carbonyl (C=O) groups is 2. The lowest BCUT2D eigenvalue weighted by Gasteiger charge is -2.26. The van der Waals surface area contributed by atoms with Crippen molar-refractivity contribution in [3.05, 3.63) is 117 Å². The highest BCUT2D eigenvalue weighted by Crippen LogP contribution is 2.42. The number of halogens is 5. The average Bonchev–Trinajstić information content (AvgIpc) is 3.40. The van der Waals surface area contributed by atoms with E-state index in [1.807, 2.05) is 0 Å². The second-order valence-electron chi connectivity index (χ2n) is 10.9. The molecule has 0 saturated heterocycles. The van der Waals surface area contributed by atoms with Gasteiger partial charge in [0.25, 0.3) is 11.8 Å². The van der Waals surface area contributed by atoms with Crippen LogP contribution in [0.25, 0.3) is 22.2 Å². The molecule has 2 amide bonds. The van der Waals surface area contributed by atoms with Gasteiger partial charge in [0, 0.05) is 12.0 Å². The van der Waals surface area contributed by atoms with E-state index in [4.69, 9.17) is 10.2 Å². The standard InChI is InChI=1S/C31H22F5N5O4/c1-30(11-15-2-5-17(32)6-3-15)26-25(28(43)40-30)23(24(27(37)42)20(39-26)12-31(34,35)36)16-4-9-21-22(10-16)45-29(44)41(21)14-19-8-7-18(33)13-38-19/h2-10,13H,11-12,14H2,1H3,(H2,37,42)(H,40,43)/t30-/m1/s1. The van der Waals surface area contributed by atoms with Gasteiger partial charge in [0.15, 0.2) is 5.58 Å². The third-order valence-corrected chi connectivity index (χ3v) is 7.56. The van der Waals surface area contributed by atoms with Crippen LogP contribution in [-0.4, -0.2) is 32.5 Å². The van der Waals surface area contributed by atoms with E-state index in [0.29, 0.717) is 11.3 Å². The molecular weight excluding hydrogens is 601 g/mol. The van der Waals surface area contributed by atoms with E-state index < -0.39 is 58.6 Å². The Bertz CT molecular complexity index is 2050. The molecule has 5 aromatic rings. The minimum atomic E-state index is -4.80. The molecule has 230 valence electrons. The van der Waals surface area contributed by atoms with Crippen molar-refractivity contribution in [3.8, 4) is 11.1 Å². The van der Waals surface area contributed by atoms with Crippen molar-refractivity contribution < 1.29 is 36.0 Å². The highest BCUT2D eigenvalue weighted by Gasteiger charge is 2.45. The van der Waals surface area contributed by atoms with E-state index in [1.54, 1.807) is 6.92 Å². The Morgan fingerprint density at radius 1 is 1.02 bits per heavy atom. The number of aromatic nitrogens is 3. The molecule has 0 saturated carbocycles. The van der Waals surface area contributed by atoms with E-state index >= 15 is 0 Å². The Labute approximate surface area is 250 Å². The van der Waals surface area contributed by atoms with Crippen LogP contribution in [0, 0.1) is 11.6 Å². The van der Waals surface area contributed by atoms with Crippen molar-refractivity contribution in [1.82, 2.24) is 19.9 Å². The molecule has 3 N–H and O–H groups in total. The summed E-state index contributed by atoms with van der Waals surface area (Å²) in [5.74, 6) is -3.83. The lowest BCUT2D eigenvalue weighted by atomic mass is 9.85. The van der Waals surface area contributed by atoms with Gasteiger partial charge >= 0.3 is 11.9 Å². The maximum atomic E-state index is 13.8. The summed E-state index contributed by atoms with van der Waals surface area (Å²) in [5, 5.41) is 2.77. The zero-order valence-corrected chi connectivity index (χ0v) is 23.3. The molecule has 4 heterocycles. The number of nitrogens with two attached hydrogens (primary N) is 1. The molecule has 1 aliphatic rings. The van der Waals surface area contributed by atoms with Crippen molar-refractivity contribution >= 4 is 22.9 Å². The fourth-order valence-electron chi connectivity index (χ4n) is 5.67. The summed E-state index contributed by atoms with van der Waals surface area (Å²) >= 11 is 0. The zero-order chi connectivity index (χ0) is 32.3. The van der Waals surface area contributed by atoms with E-state index in [2.05, 4.69) is 15.3 Å². The number of primary amides is 1. The summed E-state index contributed by atoms with van der Waals surface area (Å²) in [6.07, 6.45) is -5.39. The Morgan fingerprint density at radius 3 is 2.38 bits per heavy atom. The van der Waals surface area contributed by atoms with Gasteiger partial charge in [0.05, 0.1) is 58.4 Å². The van der Waals surface area contributed by atoms with Crippen molar-refractivity contribution in [1.29, 1.82) is 0 Å². The zero-order valence-electron chi connectivity index (χ0n) is 23.3. The van der Waals surface area contributed by atoms with Crippen LogP contribution in [0.4, 0.5) is 22.0 Å². The lowest BCUT2D eigenvalue weighted by molar-refractivity contribution is -0.127. The number of nitrogens with zero attached hydrogens (tertiary/aromatic N) is 3. The maximum absolute atomic E-state index is 13.8.